The monoisotopic (exact) mass is 380 g/mol. The Labute approximate surface area is 167 Å². The largest absolute Gasteiger partial charge is 0.496 e. The molecular weight excluding hydrogens is 351 g/mol. The van der Waals surface area contributed by atoms with Crippen LogP contribution < -0.4 is 10.1 Å². The summed E-state index contributed by atoms with van der Waals surface area (Å²) in [5.41, 5.74) is 2.95. The third-order valence-electron chi connectivity index (χ3n) is 5.35. The molecule has 0 aliphatic rings. The second-order valence-corrected chi connectivity index (χ2v) is 7.88. The van der Waals surface area contributed by atoms with Crippen molar-refractivity contribution in [3.8, 4) is 5.75 Å². The topological polar surface area (TPSA) is 34.2 Å². The van der Waals surface area contributed by atoms with E-state index in [9.17, 15) is 4.39 Å². The van der Waals surface area contributed by atoms with Crippen molar-refractivity contribution in [3.63, 3.8) is 0 Å². The number of methoxy groups -OCH3 is 1. The molecule has 1 atom stereocenters. The predicted octanol–water partition coefficient (Wildman–Crippen LogP) is 5.27. The van der Waals surface area contributed by atoms with Crippen molar-refractivity contribution in [2.45, 2.75) is 45.1 Å². The number of rotatable bonds is 8. The van der Waals surface area contributed by atoms with Gasteiger partial charge in [0.25, 0.3) is 0 Å². The van der Waals surface area contributed by atoms with E-state index in [1.165, 1.54) is 17.0 Å². The average Bonchev–Trinajstić information content (AvgIpc) is 2.68. The Bertz CT molecular complexity index is 934. The molecule has 148 valence electrons. The molecule has 0 bridgehead atoms. The normalized spacial score (nSPS) is 12.9. The number of hydrogen-bond donors (Lipinski definition) is 1. The molecule has 0 aliphatic heterocycles. The van der Waals surface area contributed by atoms with Gasteiger partial charge in [0.1, 0.15) is 11.6 Å². The summed E-state index contributed by atoms with van der Waals surface area (Å²) in [7, 11) is 1.64. The molecule has 2 aromatic carbocycles. The minimum atomic E-state index is -0.247. The van der Waals surface area contributed by atoms with E-state index in [2.05, 4.69) is 49.3 Å². The number of halogens is 1. The lowest BCUT2D eigenvalue weighted by atomic mass is 9.77. The lowest BCUT2D eigenvalue weighted by Gasteiger charge is -2.32. The maximum atomic E-state index is 13.9. The van der Waals surface area contributed by atoms with E-state index in [0.717, 1.165) is 36.2 Å². The molecule has 1 aromatic heterocycles. The van der Waals surface area contributed by atoms with Crippen molar-refractivity contribution in [2.75, 3.05) is 13.7 Å². The molecule has 0 fully saturated rings. The van der Waals surface area contributed by atoms with Gasteiger partial charge in [0.05, 0.1) is 12.6 Å². The Hall–Kier alpha value is -2.46. The SMILES string of the molecule is CCNC(Cc1ccnc2ccccc12)CC(C)(C)c1cc(F)ccc1OC. The first-order valence-corrected chi connectivity index (χ1v) is 9.84. The fraction of sp³-hybridized carbons (Fsp3) is 0.375. The van der Waals surface area contributed by atoms with Crippen molar-refractivity contribution in [2.24, 2.45) is 0 Å². The molecule has 0 amide bonds. The number of aromatic nitrogens is 1. The second-order valence-electron chi connectivity index (χ2n) is 7.88. The number of pyridine rings is 1. The van der Waals surface area contributed by atoms with Crippen molar-refractivity contribution in [3.05, 3.63) is 71.7 Å². The molecule has 0 radical (unpaired) electrons. The number of para-hydroxylation sites is 1. The van der Waals surface area contributed by atoms with Gasteiger partial charge in [-0.2, -0.15) is 0 Å². The fourth-order valence-electron chi connectivity index (χ4n) is 4.04. The number of ether oxygens (including phenoxy) is 1. The molecule has 0 aliphatic carbocycles. The maximum absolute atomic E-state index is 13.9. The first-order valence-electron chi connectivity index (χ1n) is 9.84. The summed E-state index contributed by atoms with van der Waals surface area (Å²) in [4.78, 5) is 4.47. The zero-order chi connectivity index (χ0) is 20.1. The van der Waals surface area contributed by atoms with Gasteiger partial charge in [-0.1, -0.05) is 39.0 Å². The summed E-state index contributed by atoms with van der Waals surface area (Å²) in [6.07, 6.45) is 3.62. The third kappa shape index (κ3) is 4.50. The minimum absolute atomic E-state index is 0.232. The molecule has 0 spiro atoms. The maximum Gasteiger partial charge on any atom is 0.123 e. The van der Waals surface area contributed by atoms with Crippen LogP contribution in [0.4, 0.5) is 4.39 Å². The minimum Gasteiger partial charge on any atom is -0.496 e. The smallest absolute Gasteiger partial charge is 0.123 e. The molecule has 0 saturated carbocycles. The first-order chi connectivity index (χ1) is 13.4. The predicted molar refractivity (Wildman–Crippen MR) is 114 cm³/mol. The Balaban J connectivity index is 1.89. The van der Waals surface area contributed by atoms with Crippen LogP contribution in [-0.2, 0) is 11.8 Å². The Morgan fingerprint density at radius 2 is 1.93 bits per heavy atom. The standard InChI is InChI=1S/C24H29FN2O/c1-5-26-19(14-17-12-13-27-22-9-7-6-8-20(17)22)16-24(2,3)21-15-18(25)10-11-23(21)28-4/h6-13,15,19,26H,5,14,16H2,1-4H3. The molecule has 4 heteroatoms. The first kappa shape index (κ1) is 20.3. The molecule has 28 heavy (non-hydrogen) atoms. The van der Waals surface area contributed by atoms with Gasteiger partial charge in [-0.05, 0) is 60.7 Å². The Morgan fingerprint density at radius 3 is 2.68 bits per heavy atom. The summed E-state index contributed by atoms with van der Waals surface area (Å²) in [5.74, 6) is 0.500. The molecule has 3 rings (SSSR count). The molecular formula is C24H29FN2O. The van der Waals surface area contributed by atoms with Gasteiger partial charge in [0.2, 0.25) is 0 Å². The number of fused-ring (bicyclic) bond motifs is 1. The van der Waals surface area contributed by atoms with E-state index >= 15 is 0 Å². The number of likely N-dealkylation sites (N-methyl/N-ethyl adjacent to an activating group) is 1. The lowest BCUT2D eigenvalue weighted by molar-refractivity contribution is 0.349. The van der Waals surface area contributed by atoms with E-state index in [4.69, 9.17) is 4.74 Å². The summed E-state index contributed by atoms with van der Waals surface area (Å²) in [5, 5.41) is 4.81. The van der Waals surface area contributed by atoms with Crippen LogP contribution in [0.2, 0.25) is 0 Å². The zero-order valence-corrected chi connectivity index (χ0v) is 17.1. The zero-order valence-electron chi connectivity index (χ0n) is 17.1. The second kappa shape index (κ2) is 8.70. The van der Waals surface area contributed by atoms with Gasteiger partial charge < -0.3 is 10.1 Å². The van der Waals surface area contributed by atoms with Crippen LogP contribution in [0.25, 0.3) is 10.9 Å². The number of hydrogen-bond acceptors (Lipinski definition) is 3. The van der Waals surface area contributed by atoms with E-state index in [1.807, 2.05) is 18.3 Å². The molecule has 0 saturated heterocycles. The quantitative estimate of drug-likeness (QED) is 0.578. The molecule has 1 heterocycles. The Morgan fingerprint density at radius 1 is 1.14 bits per heavy atom. The highest BCUT2D eigenvalue weighted by Gasteiger charge is 2.29. The van der Waals surface area contributed by atoms with Gasteiger partial charge >= 0.3 is 0 Å². The number of nitrogens with zero attached hydrogens (tertiary/aromatic N) is 1. The summed E-state index contributed by atoms with van der Waals surface area (Å²) in [6.45, 7) is 7.30. The number of benzene rings is 2. The van der Waals surface area contributed by atoms with E-state index in [1.54, 1.807) is 19.2 Å². The van der Waals surface area contributed by atoms with Gasteiger partial charge in [-0.25, -0.2) is 4.39 Å². The van der Waals surface area contributed by atoms with Crippen LogP contribution in [0.5, 0.6) is 5.75 Å². The van der Waals surface area contributed by atoms with E-state index < -0.39 is 0 Å². The van der Waals surface area contributed by atoms with Crippen LogP contribution in [0.3, 0.4) is 0 Å². The van der Waals surface area contributed by atoms with Crippen LogP contribution in [0.1, 0.15) is 38.3 Å². The van der Waals surface area contributed by atoms with Crippen LogP contribution >= 0.6 is 0 Å². The fourth-order valence-corrected chi connectivity index (χ4v) is 4.04. The van der Waals surface area contributed by atoms with Crippen molar-refractivity contribution < 1.29 is 9.13 Å². The van der Waals surface area contributed by atoms with Crippen LogP contribution in [0, 0.1) is 5.82 Å². The highest BCUT2D eigenvalue weighted by atomic mass is 19.1. The number of nitrogens with one attached hydrogen (secondary N) is 1. The highest BCUT2D eigenvalue weighted by Crippen LogP contribution is 2.36. The van der Waals surface area contributed by atoms with Crippen molar-refractivity contribution >= 4 is 10.9 Å². The van der Waals surface area contributed by atoms with Crippen LogP contribution in [0.15, 0.2) is 54.7 Å². The van der Waals surface area contributed by atoms with E-state index in [0.29, 0.717) is 0 Å². The van der Waals surface area contributed by atoms with Crippen molar-refractivity contribution in [1.82, 2.24) is 10.3 Å². The average molecular weight is 381 g/mol. The van der Waals surface area contributed by atoms with Gasteiger partial charge in [0, 0.05) is 23.2 Å². The summed E-state index contributed by atoms with van der Waals surface area (Å²) < 4.78 is 19.5. The molecule has 3 nitrogen and oxygen atoms in total. The molecule has 3 aromatic rings. The summed E-state index contributed by atoms with van der Waals surface area (Å²) >= 11 is 0. The van der Waals surface area contributed by atoms with Crippen LogP contribution in [-0.4, -0.2) is 24.7 Å². The van der Waals surface area contributed by atoms with Gasteiger partial charge in [0.15, 0.2) is 0 Å². The molecule has 1 unspecified atom stereocenters. The van der Waals surface area contributed by atoms with Crippen molar-refractivity contribution in [1.29, 1.82) is 0 Å². The van der Waals surface area contributed by atoms with Gasteiger partial charge in [-0.3, -0.25) is 4.98 Å². The summed E-state index contributed by atoms with van der Waals surface area (Å²) in [6, 6.07) is 15.3. The highest BCUT2D eigenvalue weighted by molar-refractivity contribution is 5.81. The lowest BCUT2D eigenvalue weighted by Crippen LogP contribution is -2.37. The third-order valence-corrected chi connectivity index (χ3v) is 5.35. The Kier molecular flexibility index (Phi) is 6.30. The molecule has 1 N–H and O–H groups in total. The van der Waals surface area contributed by atoms with Gasteiger partial charge in [-0.15, -0.1) is 0 Å². The van der Waals surface area contributed by atoms with E-state index in [-0.39, 0.29) is 17.3 Å².